The van der Waals surface area contributed by atoms with Crippen molar-refractivity contribution in [2.45, 2.75) is 4.90 Å². The number of nitrogens with zero attached hydrogens (tertiary/aromatic N) is 1. The Morgan fingerprint density at radius 3 is 2.43 bits per heavy atom. The molecule has 0 fully saturated rings. The van der Waals surface area contributed by atoms with Gasteiger partial charge in [0.05, 0.1) is 5.69 Å². The summed E-state index contributed by atoms with van der Waals surface area (Å²) in [4.78, 5) is 3.30. The molecule has 0 amide bonds. The fourth-order valence-corrected chi connectivity index (χ4v) is 2.70. The lowest BCUT2D eigenvalue weighted by molar-refractivity contribution is 0.496. The van der Waals surface area contributed by atoms with Crippen molar-refractivity contribution in [2.75, 3.05) is 10.1 Å². The average molecular weight is 318 g/mol. The molecule has 10 heteroatoms. The van der Waals surface area contributed by atoms with Gasteiger partial charge in [-0.05, 0) is 12.1 Å². The Morgan fingerprint density at radius 2 is 1.76 bits per heavy atom. The van der Waals surface area contributed by atoms with E-state index in [4.69, 9.17) is 5.84 Å². The molecule has 2 rings (SSSR count). The maximum absolute atomic E-state index is 13.5. The third-order valence-corrected chi connectivity index (χ3v) is 3.85. The average Bonchev–Trinajstić information content (AvgIpc) is 2.44. The molecule has 0 aliphatic heterocycles. The third kappa shape index (κ3) is 3.06. The monoisotopic (exact) mass is 318 g/mol. The number of nitrogens with one attached hydrogen (secondary N) is 2. The maximum atomic E-state index is 13.5. The Hall–Kier alpha value is -2.33. The molecule has 0 spiro atoms. The zero-order valence-corrected chi connectivity index (χ0v) is 11.1. The van der Waals surface area contributed by atoms with Gasteiger partial charge in [0.25, 0.3) is 10.0 Å². The Balaban J connectivity index is 2.45. The minimum absolute atomic E-state index is 0.187. The van der Waals surface area contributed by atoms with Crippen molar-refractivity contribution in [2.24, 2.45) is 5.84 Å². The Bertz CT molecular complexity index is 783. The molecule has 0 saturated carbocycles. The first-order chi connectivity index (χ1) is 9.85. The smallest absolute Gasteiger partial charge is 0.265 e. The van der Waals surface area contributed by atoms with Crippen LogP contribution in [0.2, 0.25) is 0 Å². The Labute approximate surface area is 117 Å². The Kier molecular flexibility index (Phi) is 4.00. The molecule has 1 aromatic heterocycles. The summed E-state index contributed by atoms with van der Waals surface area (Å²) in [6, 6.07) is 3.10. The van der Waals surface area contributed by atoms with Crippen LogP contribution in [0.25, 0.3) is 0 Å². The van der Waals surface area contributed by atoms with Crippen LogP contribution < -0.4 is 16.0 Å². The van der Waals surface area contributed by atoms with E-state index in [1.807, 2.05) is 0 Å². The van der Waals surface area contributed by atoms with Crippen LogP contribution in [-0.4, -0.2) is 13.4 Å². The number of nitrogens with two attached hydrogens (primary N) is 1. The second-order valence-corrected chi connectivity index (χ2v) is 5.50. The van der Waals surface area contributed by atoms with Gasteiger partial charge < -0.3 is 5.43 Å². The molecular weight excluding hydrogens is 309 g/mol. The Morgan fingerprint density at radius 1 is 1.10 bits per heavy atom. The van der Waals surface area contributed by atoms with Gasteiger partial charge in [-0.2, -0.15) is 0 Å². The van der Waals surface area contributed by atoms with E-state index in [0.717, 1.165) is 6.07 Å². The molecule has 112 valence electrons. The second-order valence-electron chi connectivity index (χ2n) is 3.85. The third-order valence-electron chi connectivity index (χ3n) is 2.45. The number of benzene rings is 1. The van der Waals surface area contributed by atoms with E-state index < -0.39 is 33.2 Å². The van der Waals surface area contributed by atoms with Gasteiger partial charge in [-0.1, -0.05) is 0 Å². The molecule has 4 N–H and O–H groups in total. The molecule has 0 atom stereocenters. The van der Waals surface area contributed by atoms with Crippen molar-refractivity contribution in [3.8, 4) is 0 Å². The number of aromatic nitrogens is 1. The predicted octanol–water partition coefficient (Wildman–Crippen LogP) is 1.59. The van der Waals surface area contributed by atoms with Gasteiger partial charge in [0.15, 0.2) is 17.5 Å². The molecule has 1 heterocycles. The summed E-state index contributed by atoms with van der Waals surface area (Å²) in [5.41, 5.74) is 1.33. The molecule has 0 bridgehead atoms. The SMILES string of the molecule is NNc1ncccc1S(=O)(=O)Nc1cc(F)c(F)cc1F. The summed E-state index contributed by atoms with van der Waals surface area (Å²) in [6.45, 7) is 0. The predicted molar refractivity (Wildman–Crippen MR) is 69.2 cm³/mol. The number of hydrogen-bond acceptors (Lipinski definition) is 5. The number of nitrogen functional groups attached to an aromatic ring is 1. The molecular formula is C11H9F3N4O2S. The first kappa shape index (κ1) is 15.1. The summed E-state index contributed by atoms with van der Waals surface area (Å²) in [7, 11) is -4.29. The van der Waals surface area contributed by atoms with Gasteiger partial charge in [-0.25, -0.2) is 32.4 Å². The minimum Gasteiger partial charge on any atom is -0.307 e. The van der Waals surface area contributed by atoms with E-state index in [1.165, 1.54) is 12.3 Å². The number of anilines is 2. The molecule has 6 nitrogen and oxygen atoms in total. The molecule has 0 aliphatic carbocycles. The van der Waals surface area contributed by atoms with Gasteiger partial charge >= 0.3 is 0 Å². The standard InChI is InChI=1S/C11H9F3N4O2S/c12-6-4-8(14)9(5-7(6)13)18-21(19,20)10-2-1-3-16-11(10)17-15/h1-5,18H,15H2,(H,16,17). The topological polar surface area (TPSA) is 97.1 Å². The van der Waals surface area contributed by atoms with Crippen molar-refractivity contribution in [1.29, 1.82) is 0 Å². The lowest BCUT2D eigenvalue weighted by atomic mass is 10.3. The van der Waals surface area contributed by atoms with Crippen molar-refractivity contribution in [1.82, 2.24) is 4.98 Å². The summed E-state index contributed by atoms with van der Waals surface area (Å²) in [6.07, 6.45) is 1.28. The van der Waals surface area contributed by atoms with E-state index in [-0.39, 0.29) is 16.8 Å². The van der Waals surface area contributed by atoms with Crippen LogP contribution in [0.3, 0.4) is 0 Å². The zero-order chi connectivity index (χ0) is 15.6. The molecule has 0 saturated heterocycles. The second kappa shape index (κ2) is 5.58. The van der Waals surface area contributed by atoms with Crippen molar-refractivity contribution in [3.05, 3.63) is 47.9 Å². The molecule has 0 aliphatic rings. The largest absolute Gasteiger partial charge is 0.307 e. The molecule has 21 heavy (non-hydrogen) atoms. The van der Waals surface area contributed by atoms with Gasteiger partial charge in [0.1, 0.15) is 10.7 Å². The first-order valence-corrected chi connectivity index (χ1v) is 6.92. The van der Waals surface area contributed by atoms with Gasteiger partial charge in [-0.15, -0.1) is 0 Å². The summed E-state index contributed by atoms with van der Waals surface area (Å²) < 4.78 is 65.3. The molecule has 0 radical (unpaired) electrons. The van der Waals surface area contributed by atoms with Crippen LogP contribution in [0.5, 0.6) is 0 Å². The van der Waals surface area contributed by atoms with Crippen LogP contribution in [0.15, 0.2) is 35.4 Å². The quantitative estimate of drug-likeness (QED) is 0.452. The molecule has 0 unspecified atom stereocenters. The van der Waals surface area contributed by atoms with E-state index in [0.29, 0.717) is 6.07 Å². The first-order valence-electron chi connectivity index (χ1n) is 5.44. The van der Waals surface area contributed by atoms with Crippen LogP contribution in [0.1, 0.15) is 0 Å². The number of halogens is 3. The number of hydrazine groups is 1. The number of sulfonamides is 1. The fraction of sp³-hybridized carbons (Fsp3) is 0. The highest BCUT2D eigenvalue weighted by Gasteiger charge is 2.21. The lowest BCUT2D eigenvalue weighted by Crippen LogP contribution is -2.19. The zero-order valence-electron chi connectivity index (χ0n) is 10.3. The normalized spacial score (nSPS) is 11.2. The van der Waals surface area contributed by atoms with Crippen LogP contribution >= 0.6 is 0 Å². The van der Waals surface area contributed by atoms with E-state index in [2.05, 4.69) is 10.4 Å². The van der Waals surface area contributed by atoms with Crippen molar-refractivity contribution < 1.29 is 21.6 Å². The summed E-state index contributed by atoms with van der Waals surface area (Å²) >= 11 is 0. The highest BCUT2D eigenvalue weighted by Crippen LogP contribution is 2.24. The maximum Gasteiger partial charge on any atom is 0.265 e. The minimum atomic E-state index is -4.29. The molecule has 2 aromatic rings. The number of pyridine rings is 1. The van der Waals surface area contributed by atoms with E-state index >= 15 is 0 Å². The van der Waals surface area contributed by atoms with Crippen LogP contribution in [0, 0.1) is 17.5 Å². The van der Waals surface area contributed by atoms with Crippen molar-refractivity contribution >= 4 is 21.5 Å². The van der Waals surface area contributed by atoms with Gasteiger partial charge in [0, 0.05) is 18.3 Å². The van der Waals surface area contributed by atoms with Gasteiger partial charge in [0.2, 0.25) is 0 Å². The lowest BCUT2D eigenvalue weighted by Gasteiger charge is -2.11. The molecule has 1 aromatic carbocycles. The van der Waals surface area contributed by atoms with Crippen LogP contribution in [-0.2, 0) is 10.0 Å². The highest BCUT2D eigenvalue weighted by molar-refractivity contribution is 7.92. The highest BCUT2D eigenvalue weighted by atomic mass is 32.2. The summed E-state index contributed by atoms with van der Waals surface area (Å²) in [5.74, 6) is 0.858. The van der Waals surface area contributed by atoms with E-state index in [9.17, 15) is 21.6 Å². The van der Waals surface area contributed by atoms with Crippen molar-refractivity contribution in [3.63, 3.8) is 0 Å². The number of rotatable bonds is 4. The van der Waals surface area contributed by atoms with E-state index in [1.54, 1.807) is 4.72 Å². The van der Waals surface area contributed by atoms with Crippen LogP contribution in [0.4, 0.5) is 24.7 Å². The fourth-order valence-electron chi connectivity index (χ4n) is 1.52. The van der Waals surface area contributed by atoms with Gasteiger partial charge in [-0.3, -0.25) is 4.72 Å². The summed E-state index contributed by atoms with van der Waals surface area (Å²) in [5, 5.41) is 0. The number of hydrogen-bond donors (Lipinski definition) is 3.